The third-order valence-corrected chi connectivity index (χ3v) is 7.98. The van der Waals surface area contributed by atoms with Gasteiger partial charge < -0.3 is 20.6 Å². The van der Waals surface area contributed by atoms with Crippen molar-refractivity contribution < 1.29 is 9.59 Å². The van der Waals surface area contributed by atoms with Gasteiger partial charge in [0, 0.05) is 23.9 Å². The van der Waals surface area contributed by atoms with Crippen molar-refractivity contribution in [3.63, 3.8) is 0 Å². The SMILES string of the molecule is Cn1c(=O)[nH]c2cc3c(cc21)S/C(=C1\Sc2cc4c(cc2NC1=O)[nH]c(=O)n4C)C(=O)N3. The smallest absolute Gasteiger partial charge is 0.320 e. The molecule has 2 aliphatic rings. The average molecular weight is 467 g/mol. The number of nitrogens with one attached hydrogen (secondary N) is 4. The van der Waals surface area contributed by atoms with Gasteiger partial charge in [0.25, 0.3) is 11.8 Å². The zero-order valence-corrected chi connectivity index (χ0v) is 18.3. The summed E-state index contributed by atoms with van der Waals surface area (Å²) >= 11 is 2.38. The average Bonchev–Trinajstić information content (AvgIpc) is 3.18. The summed E-state index contributed by atoms with van der Waals surface area (Å²) in [6, 6.07) is 7.05. The van der Waals surface area contributed by atoms with E-state index in [2.05, 4.69) is 20.6 Å². The summed E-state index contributed by atoms with van der Waals surface area (Å²) < 4.78 is 2.98. The van der Waals surface area contributed by atoms with Crippen LogP contribution < -0.4 is 22.0 Å². The molecule has 2 aromatic heterocycles. The van der Waals surface area contributed by atoms with E-state index in [1.54, 1.807) is 26.2 Å². The number of anilines is 2. The maximum absolute atomic E-state index is 12.9. The number of amides is 2. The molecule has 0 atom stereocenters. The normalized spacial score (nSPS) is 17.9. The van der Waals surface area contributed by atoms with Crippen LogP contribution in [-0.4, -0.2) is 30.9 Å². The van der Waals surface area contributed by atoms with Gasteiger partial charge in [-0.15, -0.1) is 0 Å². The minimum absolute atomic E-state index is 0.249. The van der Waals surface area contributed by atoms with Gasteiger partial charge in [0.1, 0.15) is 0 Å². The highest BCUT2D eigenvalue weighted by Crippen LogP contribution is 2.47. The number of carbonyl (C=O) groups excluding carboxylic acids is 2. The molecule has 0 saturated carbocycles. The lowest BCUT2D eigenvalue weighted by Crippen LogP contribution is -2.24. The van der Waals surface area contributed by atoms with E-state index < -0.39 is 11.8 Å². The minimum atomic E-state index is -0.392. The molecule has 4 aromatic rings. The molecule has 0 spiro atoms. The number of fused-ring (bicyclic) bond motifs is 4. The van der Waals surface area contributed by atoms with Crippen molar-refractivity contribution in [2.24, 2.45) is 14.1 Å². The third-order valence-electron chi connectivity index (χ3n) is 5.55. The molecule has 0 aliphatic carbocycles. The van der Waals surface area contributed by atoms with Crippen LogP contribution in [0.3, 0.4) is 0 Å². The van der Waals surface area contributed by atoms with Crippen molar-refractivity contribution in [2.45, 2.75) is 9.79 Å². The Hall–Kier alpha value is -3.64. The molecule has 10 nitrogen and oxygen atoms in total. The summed E-state index contributed by atoms with van der Waals surface area (Å²) in [5.41, 5.74) is 3.28. The highest BCUT2D eigenvalue weighted by atomic mass is 32.2. The van der Waals surface area contributed by atoms with Gasteiger partial charge in [-0.1, -0.05) is 23.5 Å². The quantitative estimate of drug-likeness (QED) is 0.293. The summed E-state index contributed by atoms with van der Waals surface area (Å²) in [5.74, 6) is -0.785. The van der Waals surface area contributed by atoms with Crippen molar-refractivity contribution in [3.8, 4) is 0 Å². The maximum Gasteiger partial charge on any atom is 0.326 e. The van der Waals surface area contributed by atoms with E-state index in [9.17, 15) is 19.2 Å². The largest absolute Gasteiger partial charge is 0.326 e. The Morgan fingerprint density at radius 3 is 1.47 bits per heavy atom. The number of aryl methyl sites for hydroxylation is 2. The molecule has 0 radical (unpaired) electrons. The number of thioether (sulfide) groups is 2. The molecule has 4 heterocycles. The van der Waals surface area contributed by atoms with Gasteiger partial charge in [0.15, 0.2) is 0 Å². The van der Waals surface area contributed by atoms with E-state index in [-0.39, 0.29) is 21.2 Å². The Morgan fingerprint density at radius 1 is 0.656 bits per heavy atom. The van der Waals surface area contributed by atoms with E-state index in [1.165, 1.54) is 32.7 Å². The summed E-state index contributed by atoms with van der Waals surface area (Å²) in [4.78, 5) is 57.1. The Morgan fingerprint density at radius 2 is 1.06 bits per heavy atom. The molecular formula is C20H14N6O4S2. The van der Waals surface area contributed by atoms with Gasteiger partial charge in [0.2, 0.25) is 0 Å². The van der Waals surface area contributed by atoms with Crippen LogP contribution in [0, 0.1) is 0 Å². The minimum Gasteiger partial charge on any atom is -0.320 e. The fourth-order valence-corrected chi connectivity index (χ4v) is 5.97. The van der Waals surface area contributed by atoms with Crippen LogP contribution in [0.5, 0.6) is 0 Å². The van der Waals surface area contributed by atoms with Gasteiger partial charge in [-0.2, -0.15) is 0 Å². The molecule has 0 unspecified atom stereocenters. The number of H-pyrrole nitrogens is 2. The standard InChI is InChI=1S/C20H14N6O4S2/c1-25-11-5-13-9(3-7(11)23-19(25)29)21-17(27)15(31-13)16-18(28)22-10-4-8-12(6-14(10)32-16)26(2)20(30)24-8/h3-6H,1-2H3,(H,21,27)(H,22,28)(H,23,29)(H,24,30)/b16-15-. The molecule has 12 heteroatoms. The topological polar surface area (TPSA) is 134 Å². The summed E-state index contributed by atoms with van der Waals surface area (Å²) in [6.07, 6.45) is 0. The lowest BCUT2D eigenvalue weighted by Gasteiger charge is -2.24. The van der Waals surface area contributed by atoms with Crippen LogP contribution in [-0.2, 0) is 23.7 Å². The van der Waals surface area contributed by atoms with Crippen LogP contribution in [0.4, 0.5) is 11.4 Å². The molecule has 32 heavy (non-hydrogen) atoms. The molecule has 0 saturated heterocycles. The fraction of sp³-hybridized carbons (Fsp3) is 0.100. The predicted octanol–water partition coefficient (Wildman–Crippen LogP) is 2.05. The van der Waals surface area contributed by atoms with Crippen LogP contribution in [0.25, 0.3) is 22.1 Å². The molecule has 2 aromatic carbocycles. The van der Waals surface area contributed by atoms with E-state index in [0.29, 0.717) is 33.4 Å². The lowest BCUT2D eigenvalue weighted by molar-refractivity contribution is -0.114. The maximum atomic E-state index is 12.9. The first kappa shape index (κ1) is 19.1. The predicted molar refractivity (Wildman–Crippen MR) is 123 cm³/mol. The third kappa shape index (κ3) is 2.63. The van der Waals surface area contributed by atoms with Gasteiger partial charge >= 0.3 is 11.4 Å². The number of carbonyl (C=O) groups is 2. The van der Waals surface area contributed by atoms with Crippen LogP contribution >= 0.6 is 23.5 Å². The van der Waals surface area contributed by atoms with Crippen LogP contribution in [0.15, 0.2) is 53.5 Å². The zero-order valence-electron chi connectivity index (χ0n) is 16.7. The first-order valence-corrected chi connectivity index (χ1v) is 11.1. The van der Waals surface area contributed by atoms with Gasteiger partial charge in [0.05, 0.1) is 43.3 Å². The number of hydrogen-bond acceptors (Lipinski definition) is 6. The molecule has 0 fully saturated rings. The Kier molecular flexibility index (Phi) is 3.84. The van der Waals surface area contributed by atoms with Crippen molar-refractivity contribution in [1.82, 2.24) is 19.1 Å². The van der Waals surface area contributed by atoms with E-state index in [4.69, 9.17) is 0 Å². The molecule has 4 N–H and O–H groups in total. The number of hydrogen-bond donors (Lipinski definition) is 4. The number of nitrogens with zero attached hydrogens (tertiary/aromatic N) is 2. The van der Waals surface area contributed by atoms with E-state index >= 15 is 0 Å². The molecule has 0 bridgehead atoms. The summed E-state index contributed by atoms with van der Waals surface area (Å²) in [6.45, 7) is 0. The van der Waals surface area contributed by atoms with E-state index in [1.807, 2.05) is 12.1 Å². The van der Waals surface area contributed by atoms with Gasteiger partial charge in [-0.25, -0.2) is 9.59 Å². The number of rotatable bonds is 0. The number of aromatic amines is 2. The molecule has 2 aliphatic heterocycles. The fourth-order valence-electron chi connectivity index (χ4n) is 3.84. The number of benzene rings is 2. The lowest BCUT2D eigenvalue weighted by atomic mass is 10.2. The highest BCUT2D eigenvalue weighted by molar-refractivity contribution is 8.08. The molecular weight excluding hydrogens is 452 g/mol. The van der Waals surface area contributed by atoms with Gasteiger partial charge in [-0.3, -0.25) is 18.7 Å². The van der Waals surface area contributed by atoms with E-state index in [0.717, 1.165) is 9.79 Å². The molecule has 6 rings (SSSR count). The van der Waals surface area contributed by atoms with Crippen LogP contribution in [0.1, 0.15) is 0 Å². The summed E-state index contributed by atoms with van der Waals surface area (Å²) in [5, 5.41) is 5.64. The Balaban J connectivity index is 1.47. The Bertz CT molecular complexity index is 1560. The van der Waals surface area contributed by atoms with Gasteiger partial charge in [-0.05, 0) is 24.3 Å². The van der Waals surface area contributed by atoms with Crippen molar-refractivity contribution >= 4 is 68.8 Å². The van der Waals surface area contributed by atoms with Crippen LogP contribution in [0.2, 0.25) is 0 Å². The molecule has 160 valence electrons. The van der Waals surface area contributed by atoms with Crippen molar-refractivity contribution in [2.75, 3.05) is 10.6 Å². The number of imidazole rings is 2. The second-order valence-electron chi connectivity index (χ2n) is 7.48. The molecule has 2 amide bonds. The first-order chi connectivity index (χ1) is 15.3. The Labute approximate surface area is 187 Å². The number of aromatic nitrogens is 4. The zero-order chi connectivity index (χ0) is 22.3. The van der Waals surface area contributed by atoms with Crippen molar-refractivity contribution in [3.05, 3.63) is 55.0 Å². The van der Waals surface area contributed by atoms with Crippen molar-refractivity contribution in [1.29, 1.82) is 0 Å². The highest BCUT2D eigenvalue weighted by Gasteiger charge is 2.32. The first-order valence-electron chi connectivity index (χ1n) is 9.48. The second-order valence-corrected chi connectivity index (χ2v) is 9.58. The monoisotopic (exact) mass is 466 g/mol. The second kappa shape index (κ2) is 6.43. The summed E-state index contributed by atoms with van der Waals surface area (Å²) in [7, 11) is 3.32.